The van der Waals surface area contributed by atoms with Gasteiger partial charge in [-0.2, -0.15) is 0 Å². The lowest BCUT2D eigenvalue weighted by atomic mass is 10.1. The lowest BCUT2D eigenvalue weighted by Gasteiger charge is -2.19. The Labute approximate surface area is 91.7 Å². The summed E-state index contributed by atoms with van der Waals surface area (Å²) in [5.74, 6) is 1.03. The van der Waals surface area contributed by atoms with Crippen LogP contribution in [0.15, 0.2) is 28.9 Å². The summed E-state index contributed by atoms with van der Waals surface area (Å²) in [5, 5.41) is 10.3. The van der Waals surface area contributed by atoms with Gasteiger partial charge in [0.05, 0.1) is 13.4 Å². The molecule has 1 aliphatic heterocycles. The molecule has 1 aromatic carbocycles. The summed E-state index contributed by atoms with van der Waals surface area (Å²) in [4.78, 5) is 0. The van der Waals surface area contributed by atoms with Gasteiger partial charge in [-0.05, 0) is 24.3 Å². The molecule has 82 valence electrons. The van der Waals surface area contributed by atoms with Crippen LogP contribution in [0, 0.1) is 0 Å². The summed E-state index contributed by atoms with van der Waals surface area (Å²) in [6.45, 7) is 0. The third-order valence-corrected chi connectivity index (χ3v) is 2.56. The second-order valence-electron chi connectivity index (χ2n) is 3.53. The summed E-state index contributed by atoms with van der Waals surface area (Å²) < 4.78 is 15.9. The number of ether oxygens (including phenoxy) is 2. The van der Waals surface area contributed by atoms with E-state index in [1.807, 2.05) is 12.1 Å². The SMILES string of the molecule is COc1c2c(cc3ccoc13)C=C[C@@H](O)O2. The third-order valence-electron chi connectivity index (χ3n) is 2.56. The molecule has 0 saturated heterocycles. The molecule has 1 aromatic heterocycles. The highest BCUT2D eigenvalue weighted by atomic mass is 16.6. The van der Waals surface area contributed by atoms with Gasteiger partial charge in [0.2, 0.25) is 12.0 Å². The highest BCUT2D eigenvalue weighted by molar-refractivity contribution is 5.90. The fourth-order valence-corrected chi connectivity index (χ4v) is 1.86. The Bertz CT molecular complexity index is 568. The molecule has 1 N–H and O–H groups in total. The maximum Gasteiger partial charge on any atom is 0.217 e. The first kappa shape index (κ1) is 9.30. The highest BCUT2D eigenvalue weighted by Gasteiger charge is 2.21. The molecule has 0 amide bonds. The van der Waals surface area contributed by atoms with Crippen LogP contribution in [0.1, 0.15) is 5.56 Å². The van der Waals surface area contributed by atoms with Crippen LogP contribution >= 0.6 is 0 Å². The maximum absolute atomic E-state index is 9.40. The van der Waals surface area contributed by atoms with Gasteiger partial charge in [0.1, 0.15) is 0 Å². The summed E-state index contributed by atoms with van der Waals surface area (Å²) in [7, 11) is 1.55. The molecule has 0 fully saturated rings. The van der Waals surface area contributed by atoms with E-state index >= 15 is 0 Å². The Kier molecular flexibility index (Phi) is 1.91. The number of aliphatic hydroxyl groups excluding tert-OH is 1. The van der Waals surface area contributed by atoms with Crippen LogP contribution in [-0.2, 0) is 0 Å². The van der Waals surface area contributed by atoms with Crippen molar-refractivity contribution in [3.05, 3.63) is 30.0 Å². The average Bonchev–Trinajstić information content (AvgIpc) is 2.73. The zero-order valence-corrected chi connectivity index (χ0v) is 8.64. The van der Waals surface area contributed by atoms with Crippen LogP contribution in [0.3, 0.4) is 0 Å². The number of hydrogen-bond acceptors (Lipinski definition) is 4. The van der Waals surface area contributed by atoms with E-state index in [2.05, 4.69) is 0 Å². The second kappa shape index (κ2) is 3.28. The van der Waals surface area contributed by atoms with Crippen molar-refractivity contribution in [3.8, 4) is 11.5 Å². The largest absolute Gasteiger partial charge is 0.490 e. The molecule has 2 heterocycles. The standard InChI is InChI=1S/C12H10O4/c1-14-12-10-8(4-5-15-10)6-7-2-3-9(13)16-11(7)12/h2-6,9,13H,1H3/t9-/m0/s1. The van der Waals surface area contributed by atoms with Crippen molar-refractivity contribution < 1.29 is 19.0 Å². The fourth-order valence-electron chi connectivity index (χ4n) is 1.86. The molecule has 0 bridgehead atoms. The van der Waals surface area contributed by atoms with E-state index in [0.29, 0.717) is 17.1 Å². The third kappa shape index (κ3) is 1.20. The van der Waals surface area contributed by atoms with Crippen molar-refractivity contribution in [2.45, 2.75) is 6.29 Å². The zero-order chi connectivity index (χ0) is 11.1. The highest BCUT2D eigenvalue weighted by Crippen LogP contribution is 2.42. The summed E-state index contributed by atoms with van der Waals surface area (Å²) in [6.07, 6.45) is 4.04. The summed E-state index contributed by atoms with van der Waals surface area (Å²) in [5.41, 5.74) is 1.50. The molecule has 4 heteroatoms. The number of furan rings is 1. The van der Waals surface area contributed by atoms with Gasteiger partial charge in [0.25, 0.3) is 0 Å². The first-order chi connectivity index (χ1) is 7.79. The molecule has 1 atom stereocenters. The molecule has 0 unspecified atom stereocenters. The molecule has 0 spiro atoms. The van der Waals surface area contributed by atoms with Gasteiger partial charge >= 0.3 is 0 Å². The second-order valence-corrected chi connectivity index (χ2v) is 3.53. The molecule has 0 saturated carbocycles. The number of aliphatic hydroxyl groups is 1. The zero-order valence-electron chi connectivity index (χ0n) is 8.64. The van der Waals surface area contributed by atoms with Crippen LogP contribution < -0.4 is 9.47 Å². The van der Waals surface area contributed by atoms with E-state index in [1.54, 1.807) is 25.5 Å². The van der Waals surface area contributed by atoms with Crippen LogP contribution in [0.25, 0.3) is 17.0 Å². The number of benzene rings is 1. The predicted molar refractivity (Wildman–Crippen MR) is 58.4 cm³/mol. The van der Waals surface area contributed by atoms with Crippen molar-refractivity contribution in [1.29, 1.82) is 0 Å². The van der Waals surface area contributed by atoms with Crippen LogP contribution in [-0.4, -0.2) is 18.5 Å². The van der Waals surface area contributed by atoms with Gasteiger partial charge in [0, 0.05) is 10.9 Å². The Balaban J connectivity index is 2.34. The first-order valence-corrected chi connectivity index (χ1v) is 4.90. The van der Waals surface area contributed by atoms with Crippen LogP contribution in [0.5, 0.6) is 11.5 Å². The van der Waals surface area contributed by atoms with E-state index in [-0.39, 0.29) is 0 Å². The smallest absolute Gasteiger partial charge is 0.217 e. The molecule has 3 rings (SSSR count). The summed E-state index contributed by atoms with van der Waals surface area (Å²) >= 11 is 0. The van der Waals surface area contributed by atoms with Crippen LogP contribution in [0.2, 0.25) is 0 Å². The first-order valence-electron chi connectivity index (χ1n) is 4.90. The van der Waals surface area contributed by atoms with Gasteiger partial charge in [-0.25, -0.2) is 0 Å². The molecular weight excluding hydrogens is 208 g/mol. The number of fused-ring (bicyclic) bond motifs is 2. The topological polar surface area (TPSA) is 51.8 Å². The lowest BCUT2D eigenvalue weighted by molar-refractivity contribution is 0.0211. The number of rotatable bonds is 1. The Morgan fingerprint density at radius 3 is 3.12 bits per heavy atom. The molecule has 1 aliphatic rings. The molecule has 2 aromatic rings. The van der Waals surface area contributed by atoms with Crippen LogP contribution in [0.4, 0.5) is 0 Å². The molecular formula is C12H10O4. The molecule has 4 nitrogen and oxygen atoms in total. The predicted octanol–water partition coefficient (Wildman–Crippen LogP) is 2.17. The van der Waals surface area contributed by atoms with Crippen molar-refractivity contribution in [2.75, 3.05) is 7.11 Å². The van der Waals surface area contributed by atoms with Gasteiger partial charge in [0.15, 0.2) is 11.3 Å². The lowest BCUT2D eigenvalue weighted by Crippen LogP contribution is -2.16. The molecule has 0 radical (unpaired) electrons. The Morgan fingerprint density at radius 1 is 1.44 bits per heavy atom. The van der Waals surface area contributed by atoms with Gasteiger partial charge in [-0.1, -0.05) is 0 Å². The maximum atomic E-state index is 9.40. The number of hydrogen-bond donors (Lipinski definition) is 1. The Morgan fingerprint density at radius 2 is 2.31 bits per heavy atom. The molecule has 16 heavy (non-hydrogen) atoms. The minimum absolute atomic E-state index is 0.514. The van der Waals surface area contributed by atoms with E-state index in [4.69, 9.17) is 13.9 Å². The van der Waals surface area contributed by atoms with Crippen molar-refractivity contribution in [3.63, 3.8) is 0 Å². The van der Waals surface area contributed by atoms with Crippen molar-refractivity contribution >= 4 is 17.0 Å². The fraction of sp³-hybridized carbons (Fsp3) is 0.167. The molecule has 0 aliphatic carbocycles. The van der Waals surface area contributed by atoms with Crippen molar-refractivity contribution in [2.24, 2.45) is 0 Å². The average molecular weight is 218 g/mol. The minimum atomic E-state index is -0.936. The van der Waals surface area contributed by atoms with E-state index in [9.17, 15) is 5.11 Å². The monoisotopic (exact) mass is 218 g/mol. The quantitative estimate of drug-likeness (QED) is 0.796. The minimum Gasteiger partial charge on any atom is -0.490 e. The van der Waals surface area contributed by atoms with E-state index in [0.717, 1.165) is 10.9 Å². The van der Waals surface area contributed by atoms with E-state index in [1.165, 1.54) is 0 Å². The number of methoxy groups -OCH3 is 1. The van der Waals surface area contributed by atoms with Gasteiger partial charge < -0.3 is 19.0 Å². The van der Waals surface area contributed by atoms with E-state index < -0.39 is 6.29 Å². The van der Waals surface area contributed by atoms with Crippen molar-refractivity contribution in [1.82, 2.24) is 0 Å². The summed E-state index contributed by atoms with van der Waals surface area (Å²) in [6, 6.07) is 3.79. The van der Waals surface area contributed by atoms with Gasteiger partial charge in [-0.15, -0.1) is 0 Å². The normalized spacial score (nSPS) is 18.2. The Hall–Kier alpha value is -1.94. The van der Waals surface area contributed by atoms with Gasteiger partial charge in [-0.3, -0.25) is 0 Å².